The van der Waals surface area contributed by atoms with Gasteiger partial charge < -0.3 is 14.3 Å². The Hall–Kier alpha value is -1.88. The average molecular weight is 275 g/mol. The highest BCUT2D eigenvalue weighted by Gasteiger charge is 2.10. The van der Waals surface area contributed by atoms with Gasteiger partial charge in [-0.1, -0.05) is 24.6 Å². The van der Waals surface area contributed by atoms with E-state index in [1.54, 1.807) is 18.4 Å². The topological polar surface area (TPSA) is 64.1 Å². The number of nitrogens with one attached hydrogen (secondary N) is 1. The third-order valence-electron chi connectivity index (χ3n) is 3.29. The number of nitrogens with zero attached hydrogens (tertiary/aromatic N) is 2. The molecule has 0 radical (unpaired) electrons. The van der Waals surface area contributed by atoms with Gasteiger partial charge in [-0.2, -0.15) is 4.98 Å². The highest BCUT2D eigenvalue weighted by molar-refractivity contribution is 5.42. The number of aromatic nitrogens is 2. The lowest BCUT2D eigenvalue weighted by Gasteiger charge is -2.11. The second-order valence-electron chi connectivity index (χ2n) is 4.76. The zero-order valence-electron chi connectivity index (χ0n) is 11.8. The molecule has 20 heavy (non-hydrogen) atoms. The van der Waals surface area contributed by atoms with E-state index >= 15 is 0 Å². The Labute approximate surface area is 119 Å². The van der Waals surface area contributed by atoms with E-state index < -0.39 is 0 Å². The van der Waals surface area contributed by atoms with Crippen LogP contribution in [0.5, 0.6) is 0 Å². The molecule has 2 heterocycles. The Kier molecular flexibility index (Phi) is 5.55. The van der Waals surface area contributed by atoms with Crippen LogP contribution in [0.25, 0.3) is 11.7 Å². The molecule has 2 aromatic rings. The van der Waals surface area contributed by atoms with E-state index in [9.17, 15) is 0 Å². The first kappa shape index (κ1) is 14.5. The van der Waals surface area contributed by atoms with Gasteiger partial charge in [-0.05, 0) is 37.4 Å². The molecule has 0 saturated carbocycles. The predicted molar refractivity (Wildman–Crippen MR) is 76.9 cm³/mol. The molecule has 5 nitrogen and oxygen atoms in total. The minimum atomic E-state index is 0.421. The van der Waals surface area contributed by atoms with Crippen LogP contribution in [0.15, 0.2) is 40.0 Å². The first-order valence-electron chi connectivity index (χ1n) is 7.01. The lowest BCUT2D eigenvalue weighted by Crippen LogP contribution is -2.18. The van der Waals surface area contributed by atoms with Gasteiger partial charge in [0.1, 0.15) is 0 Å². The molecule has 0 saturated heterocycles. The van der Waals surface area contributed by atoms with Crippen molar-refractivity contribution in [3.63, 3.8) is 0 Å². The normalized spacial score (nSPS) is 12.4. The van der Waals surface area contributed by atoms with Crippen LogP contribution >= 0.6 is 0 Å². The quantitative estimate of drug-likeness (QED) is 0.561. The van der Waals surface area contributed by atoms with E-state index in [0.29, 0.717) is 29.9 Å². The Balaban J connectivity index is 1.73. The Morgan fingerprint density at radius 1 is 1.50 bits per heavy atom. The van der Waals surface area contributed by atoms with Gasteiger partial charge in [0.15, 0.2) is 11.6 Å². The van der Waals surface area contributed by atoms with Crippen molar-refractivity contribution in [3.8, 4) is 11.7 Å². The molecule has 2 aromatic heterocycles. The fourth-order valence-corrected chi connectivity index (χ4v) is 2.06. The fourth-order valence-electron chi connectivity index (χ4n) is 2.06. The zero-order valence-corrected chi connectivity index (χ0v) is 11.8. The van der Waals surface area contributed by atoms with Crippen LogP contribution in [0.3, 0.4) is 0 Å². The summed E-state index contributed by atoms with van der Waals surface area (Å²) >= 11 is 0. The van der Waals surface area contributed by atoms with Crippen molar-refractivity contribution in [1.29, 1.82) is 0 Å². The van der Waals surface area contributed by atoms with Gasteiger partial charge in [-0.15, -0.1) is 6.58 Å². The van der Waals surface area contributed by atoms with Gasteiger partial charge in [0.05, 0.1) is 12.8 Å². The van der Waals surface area contributed by atoms with Crippen LogP contribution in [0.2, 0.25) is 0 Å². The summed E-state index contributed by atoms with van der Waals surface area (Å²) in [7, 11) is 0. The molecule has 0 bridgehead atoms. The molecule has 0 aliphatic rings. The summed E-state index contributed by atoms with van der Waals surface area (Å²) in [6, 6.07) is 3.59. The van der Waals surface area contributed by atoms with Gasteiger partial charge in [-0.25, -0.2) is 0 Å². The maximum atomic E-state index is 5.21. The summed E-state index contributed by atoms with van der Waals surface area (Å²) in [5.41, 5.74) is 0. The van der Waals surface area contributed by atoms with Crippen molar-refractivity contribution in [2.45, 2.75) is 32.7 Å². The Bertz CT molecular complexity index is 505. The van der Waals surface area contributed by atoms with Crippen molar-refractivity contribution < 1.29 is 8.94 Å². The van der Waals surface area contributed by atoms with Gasteiger partial charge in [0.2, 0.25) is 0 Å². The van der Waals surface area contributed by atoms with Gasteiger partial charge >= 0.3 is 0 Å². The SMILES string of the molecule is C=CCC(CC)CCNCc1noc(-c2ccco2)n1. The molecule has 0 aliphatic carbocycles. The first-order chi connectivity index (χ1) is 9.83. The second kappa shape index (κ2) is 7.65. The van der Waals surface area contributed by atoms with E-state index in [2.05, 4.69) is 29.0 Å². The van der Waals surface area contributed by atoms with E-state index in [-0.39, 0.29) is 0 Å². The molecular weight excluding hydrogens is 254 g/mol. The average Bonchev–Trinajstić information content (AvgIpc) is 3.12. The molecule has 0 spiro atoms. The molecule has 2 rings (SSSR count). The van der Waals surface area contributed by atoms with Crippen molar-refractivity contribution in [1.82, 2.24) is 15.5 Å². The molecule has 1 N–H and O–H groups in total. The van der Waals surface area contributed by atoms with Crippen LogP contribution in [0, 0.1) is 5.92 Å². The van der Waals surface area contributed by atoms with Crippen molar-refractivity contribution in [2.24, 2.45) is 5.92 Å². The number of furan rings is 1. The molecule has 0 aromatic carbocycles. The number of hydrogen-bond donors (Lipinski definition) is 1. The molecule has 0 fully saturated rings. The highest BCUT2D eigenvalue weighted by atomic mass is 16.5. The summed E-state index contributed by atoms with van der Waals surface area (Å²) in [4.78, 5) is 4.28. The van der Waals surface area contributed by atoms with Crippen LogP contribution in [-0.4, -0.2) is 16.7 Å². The second-order valence-corrected chi connectivity index (χ2v) is 4.76. The molecule has 5 heteroatoms. The molecular formula is C15H21N3O2. The summed E-state index contributed by atoms with van der Waals surface area (Å²) in [5.74, 6) is 2.36. The smallest absolute Gasteiger partial charge is 0.293 e. The zero-order chi connectivity index (χ0) is 14.2. The van der Waals surface area contributed by atoms with Gasteiger partial charge in [-0.3, -0.25) is 0 Å². The molecule has 108 valence electrons. The molecule has 1 atom stereocenters. The van der Waals surface area contributed by atoms with E-state index in [4.69, 9.17) is 8.94 Å². The van der Waals surface area contributed by atoms with Gasteiger partial charge in [0.25, 0.3) is 5.89 Å². The Morgan fingerprint density at radius 2 is 2.40 bits per heavy atom. The summed E-state index contributed by atoms with van der Waals surface area (Å²) in [6.07, 6.45) is 6.96. The standard InChI is InChI=1S/C15H21N3O2/c1-3-6-12(4-2)8-9-16-11-14-17-15(20-18-14)13-7-5-10-19-13/h3,5,7,10,12,16H,1,4,6,8-9,11H2,2H3. The molecule has 0 aliphatic heterocycles. The lowest BCUT2D eigenvalue weighted by atomic mass is 9.99. The minimum Gasteiger partial charge on any atom is -0.459 e. The monoisotopic (exact) mass is 275 g/mol. The molecule has 1 unspecified atom stereocenters. The number of allylic oxidation sites excluding steroid dienone is 1. The largest absolute Gasteiger partial charge is 0.459 e. The number of hydrogen-bond acceptors (Lipinski definition) is 5. The summed E-state index contributed by atoms with van der Waals surface area (Å²) in [5, 5.41) is 7.25. The third kappa shape index (κ3) is 4.06. The Morgan fingerprint density at radius 3 is 3.10 bits per heavy atom. The first-order valence-corrected chi connectivity index (χ1v) is 7.01. The van der Waals surface area contributed by atoms with Crippen molar-refractivity contribution in [3.05, 3.63) is 36.9 Å². The fraction of sp³-hybridized carbons (Fsp3) is 0.467. The summed E-state index contributed by atoms with van der Waals surface area (Å²) in [6.45, 7) is 7.55. The van der Waals surface area contributed by atoms with E-state index in [0.717, 1.165) is 19.4 Å². The lowest BCUT2D eigenvalue weighted by molar-refractivity contribution is 0.404. The van der Waals surface area contributed by atoms with E-state index in [1.807, 2.05) is 6.08 Å². The molecule has 0 amide bonds. The van der Waals surface area contributed by atoms with Gasteiger partial charge in [0, 0.05) is 0 Å². The predicted octanol–water partition coefficient (Wildman–Crippen LogP) is 3.41. The highest BCUT2D eigenvalue weighted by Crippen LogP contribution is 2.17. The van der Waals surface area contributed by atoms with Crippen LogP contribution in [0.1, 0.15) is 32.0 Å². The maximum absolute atomic E-state index is 5.21. The van der Waals surface area contributed by atoms with E-state index in [1.165, 1.54) is 6.42 Å². The number of rotatable bonds is 9. The van der Waals surface area contributed by atoms with Crippen LogP contribution in [-0.2, 0) is 6.54 Å². The third-order valence-corrected chi connectivity index (χ3v) is 3.29. The van der Waals surface area contributed by atoms with Crippen LogP contribution < -0.4 is 5.32 Å². The van der Waals surface area contributed by atoms with Crippen molar-refractivity contribution >= 4 is 0 Å². The van der Waals surface area contributed by atoms with Crippen LogP contribution in [0.4, 0.5) is 0 Å². The van der Waals surface area contributed by atoms with Crippen molar-refractivity contribution in [2.75, 3.05) is 6.54 Å². The maximum Gasteiger partial charge on any atom is 0.293 e. The minimum absolute atomic E-state index is 0.421. The summed E-state index contributed by atoms with van der Waals surface area (Å²) < 4.78 is 10.3.